The van der Waals surface area contributed by atoms with Gasteiger partial charge in [-0.05, 0) is 30.9 Å². The van der Waals surface area contributed by atoms with E-state index in [4.69, 9.17) is 0 Å². The van der Waals surface area contributed by atoms with E-state index in [9.17, 15) is 18.0 Å². The van der Waals surface area contributed by atoms with E-state index in [1.165, 1.54) is 31.5 Å². The van der Waals surface area contributed by atoms with Gasteiger partial charge in [-0.1, -0.05) is 19.3 Å². The normalized spacial score (nSPS) is 20.0. The molecule has 25 heavy (non-hydrogen) atoms. The molecule has 1 aromatic rings. The maximum absolute atomic E-state index is 13.1. The molecular weight excluding hydrogens is 331 g/mol. The average molecular weight is 355 g/mol. The maximum Gasteiger partial charge on any atom is 0.419 e. The smallest absolute Gasteiger partial charge is 0.353 e. The molecule has 0 bridgehead atoms. The summed E-state index contributed by atoms with van der Waals surface area (Å²) in [7, 11) is 0. The highest BCUT2D eigenvalue weighted by molar-refractivity contribution is 5.76. The molecule has 0 radical (unpaired) electrons. The number of aromatic nitrogens is 1. The van der Waals surface area contributed by atoms with Crippen LogP contribution in [0.2, 0.25) is 0 Å². The van der Waals surface area contributed by atoms with Gasteiger partial charge in [0, 0.05) is 38.8 Å². The summed E-state index contributed by atoms with van der Waals surface area (Å²) in [6, 6.07) is 2.36. The lowest BCUT2D eigenvalue weighted by Crippen LogP contribution is -2.49. The Morgan fingerprint density at radius 2 is 1.80 bits per heavy atom. The molecule has 0 spiro atoms. The average Bonchev–Trinajstić information content (AvgIpc) is 2.62. The second kappa shape index (κ2) is 7.62. The second-order valence-electron chi connectivity index (χ2n) is 6.95. The fourth-order valence-electron chi connectivity index (χ4n) is 3.81. The Morgan fingerprint density at radius 3 is 2.44 bits per heavy atom. The van der Waals surface area contributed by atoms with Crippen molar-refractivity contribution in [1.82, 2.24) is 9.88 Å². The summed E-state index contributed by atoms with van der Waals surface area (Å²) in [6.07, 6.45) is 3.44. The van der Waals surface area contributed by atoms with E-state index in [0.717, 1.165) is 18.9 Å². The van der Waals surface area contributed by atoms with Gasteiger partial charge < -0.3 is 9.80 Å². The molecular formula is C18H24F3N3O. The minimum Gasteiger partial charge on any atom is -0.353 e. The third-order valence-electron chi connectivity index (χ3n) is 5.21. The standard InChI is InChI=1S/C18H24F3N3O/c19-18(20,21)15-7-4-8-22-17(15)24-11-9-23(10-12-24)16(25)13-14-5-2-1-3-6-14/h4,7-8,14H,1-3,5-6,9-13H2. The van der Waals surface area contributed by atoms with Crippen LogP contribution in [0.4, 0.5) is 19.0 Å². The Bertz CT molecular complexity index is 591. The third kappa shape index (κ3) is 4.44. The topological polar surface area (TPSA) is 36.4 Å². The SMILES string of the molecule is O=C(CC1CCCCC1)N1CCN(c2ncccc2C(F)(F)F)CC1. The molecule has 2 fully saturated rings. The van der Waals surface area contributed by atoms with Crippen LogP contribution in [0.25, 0.3) is 0 Å². The molecule has 1 aliphatic heterocycles. The Morgan fingerprint density at radius 1 is 1.12 bits per heavy atom. The highest BCUT2D eigenvalue weighted by Crippen LogP contribution is 2.35. The Kier molecular flexibility index (Phi) is 5.49. The lowest BCUT2D eigenvalue weighted by molar-refractivity contribution is -0.137. The molecule has 1 aromatic heterocycles. The van der Waals surface area contributed by atoms with Gasteiger partial charge in [-0.2, -0.15) is 13.2 Å². The van der Waals surface area contributed by atoms with Crippen LogP contribution in [0.15, 0.2) is 18.3 Å². The molecule has 2 aliphatic rings. The molecule has 2 heterocycles. The highest BCUT2D eigenvalue weighted by Gasteiger charge is 2.36. The molecule has 1 saturated heterocycles. The minimum absolute atomic E-state index is 0.0330. The van der Waals surface area contributed by atoms with Crippen molar-refractivity contribution in [2.24, 2.45) is 5.92 Å². The van der Waals surface area contributed by atoms with E-state index < -0.39 is 11.7 Å². The molecule has 1 aliphatic carbocycles. The van der Waals surface area contributed by atoms with Gasteiger partial charge in [0.2, 0.25) is 5.91 Å². The van der Waals surface area contributed by atoms with Gasteiger partial charge in [-0.15, -0.1) is 0 Å². The fraction of sp³-hybridized carbons (Fsp3) is 0.667. The monoisotopic (exact) mass is 355 g/mol. The quantitative estimate of drug-likeness (QED) is 0.829. The van der Waals surface area contributed by atoms with Crippen molar-refractivity contribution in [3.8, 4) is 0 Å². The van der Waals surface area contributed by atoms with Gasteiger partial charge in [0.05, 0.1) is 5.56 Å². The van der Waals surface area contributed by atoms with Crippen molar-refractivity contribution in [3.05, 3.63) is 23.9 Å². The predicted octanol–water partition coefficient (Wildman–Crippen LogP) is 3.72. The Balaban J connectivity index is 1.58. The van der Waals surface area contributed by atoms with Crippen LogP contribution < -0.4 is 4.90 Å². The summed E-state index contributed by atoms with van der Waals surface area (Å²) in [5.74, 6) is 0.588. The van der Waals surface area contributed by atoms with Gasteiger partial charge in [0.15, 0.2) is 0 Å². The first-order valence-corrected chi connectivity index (χ1v) is 9.00. The fourth-order valence-corrected chi connectivity index (χ4v) is 3.81. The van der Waals surface area contributed by atoms with Gasteiger partial charge in [0.1, 0.15) is 5.82 Å². The van der Waals surface area contributed by atoms with Gasteiger partial charge >= 0.3 is 6.18 Å². The zero-order chi connectivity index (χ0) is 17.9. The van der Waals surface area contributed by atoms with E-state index >= 15 is 0 Å². The number of hydrogen-bond acceptors (Lipinski definition) is 3. The molecule has 4 nitrogen and oxygen atoms in total. The molecule has 0 atom stereocenters. The van der Waals surface area contributed by atoms with Crippen molar-refractivity contribution < 1.29 is 18.0 Å². The number of rotatable bonds is 3. The summed E-state index contributed by atoms with van der Waals surface area (Å²) < 4.78 is 39.4. The number of nitrogens with zero attached hydrogens (tertiary/aromatic N) is 3. The lowest BCUT2D eigenvalue weighted by Gasteiger charge is -2.37. The molecule has 0 N–H and O–H groups in total. The second-order valence-corrected chi connectivity index (χ2v) is 6.95. The number of halogens is 3. The number of anilines is 1. The summed E-state index contributed by atoms with van der Waals surface area (Å²) >= 11 is 0. The number of piperazine rings is 1. The minimum atomic E-state index is -4.42. The number of pyridine rings is 1. The number of amides is 1. The van der Waals surface area contributed by atoms with Crippen molar-refractivity contribution in [3.63, 3.8) is 0 Å². The van der Waals surface area contributed by atoms with Crippen molar-refractivity contribution in [2.75, 3.05) is 31.1 Å². The van der Waals surface area contributed by atoms with Gasteiger partial charge in [0.25, 0.3) is 0 Å². The van der Waals surface area contributed by atoms with Crippen LogP contribution in [0, 0.1) is 5.92 Å². The number of carbonyl (C=O) groups is 1. The highest BCUT2D eigenvalue weighted by atomic mass is 19.4. The first-order chi connectivity index (χ1) is 11.9. The van der Waals surface area contributed by atoms with E-state index in [1.807, 2.05) is 0 Å². The zero-order valence-corrected chi connectivity index (χ0v) is 14.3. The van der Waals surface area contributed by atoms with Crippen LogP contribution in [0.3, 0.4) is 0 Å². The van der Waals surface area contributed by atoms with Crippen molar-refractivity contribution in [1.29, 1.82) is 0 Å². The Hall–Kier alpha value is -1.79. The lowest BCUT2D eigenvalue weighted by atomic mass is 9.86. The zero-order valence-electron chi connectivity index (χ0n) is 14.3. The van der Waals surface area contributed by atoms with E-state index in [2.05, 4.69) is 4.98 Å². The molecule has 0 aromatic carbocycles. The maximum atomic E-state index is 13.1. The number of hydrogen-bond donors (Lipinski definition) is 0. The number of carbonyl (C=O) groups excluding carboxylic acids is 1. The first kappa shape index (κ1) is 18.0. The van der Waals surface area contributed by atoms with Gasteiger partial charge in [-0.3, -0.25) is 4.79 Å². The third-order valence-corrected chi connectivity index (χ3v) is 5.21. The van der Waals surface area contributed by atoms with Crippen LogP contribution in [0.5, 0.6) is 0 Å². The molecule has 0 unspecified atom stereocenters. The van der Waals surface area contributed by atoms with Crippen LogP contribution in [-0.4, -0.2) is 42.0 Å². The molecule has 1 saturated carbocycles. The summed E-state index contributed by atoms with van der Waals surface area (Å²) in [4.78, 5) is 19.8. The van der Waals surface area contributed by atoms with Crippen LogP contribution in [-0.2, 0) is 11.0 Å². The Labute approximate surface area is 146 Å². The van der Waals surface area contributed by atoms with Crippen LogP contribution >= 0.6 is 0 Å². The van der Waals surface area contributed by atoms with Crippen molar-refractivity contribution >= 4 is 11.7 Å². The van der Waals surface area contributed by atoms with E-state index in [0.29, 0.717) is 38.5 Å². The first-order valence-electron chi connectivity index (χ1n) is 9.00. The number of alkyl halides is 3. The van der Waals surface area contributed by atoms with Gasteiger partial charge in [-0.25, -0.2) is 4.98 Å². The summed E-state index contributed by atoms with van der Waals surface area (Å²) in [5, 5.41) is 0. The molecule has 3 rings (SSSR count). The van der Waals surface area contributed by atoms with E-state index in [-0.39, 0.29) is 11.7 Å². The molecule has 138 valence electrons. The predicted molar refractivity (Wildman–Crippen MR) is 89.2 cm³/mol. The molecule has 1 amide bonds. The van der Waals surface area contributed by atoms with E-state index in [1.54, 1.807) is 9.80 Å². The summed E-state index contributed by atoms with van der Waals surface area (Å²) in [5.41, 5.74) is -0.711. The largest absolute Gasteiger partial charge is 0.419 e. The van der Waals surface area contributed by atoms with Crippen LogP contribution in [0.1, 0.15) is 44.1 Å². The molecule has 7 heteroatoms. The summed E-state index contributed by atoms with van der Waals surface area (Å²) in [6.45, 7) is 1.69. The van der Waals surface area contributed by atoms with Crippen molar-refractivity contribution in [2.45, 2.75) is 44.7 Å².